The summed E-state index contributed by atoms with van der Waals surface area (Å²) in [6, 6.07) is 0. The van der Waals surface area contributed by atoms with Crippen LogP contribution >= 0.6 is 0 Å². The molecule has 37 heavy (non-hydrogen) atoms. The summed E-state index contributed by atoms with van der Waals surface area (Å²) in [5.74, 6) is 0.858. The number of imidazole rings is 1. The molecular formula is C29H49N5O3. The highest BCUT2D eigenvalue weighted by Crippen LogP contribution is 2.31. The molecule has 2 atom stereocenters. The number of hydrogen-bond acceptors (Lipinski definition) is 7. The average Bonchev–Trinajstić information content (AvgIpc) is 3.55. The van der Waals surface area contributed by atoms with Gasteiger partial charge in [-0.05, 0) is 26.2 Å². The van der Waals surface area contributed by atoms with Crippen LogP contribution in [-0.2, 0) is 14.3 Å². The normalized spacial score (nSPS) is 16.5. The van der Waals surface area contributed by atoms with Crippen LogP contribution < -0.4 is 5.73 Å². The molecule has 3 heterocycles. The lowest BCUT2D eigenvalue weighted by atomic mass is 10.1. The lowest BCUT2D eigenvalue weighted by molar-refractivity contribution is -0.148. The Labute approximate surface area is 224 Å². The third-order valence-corrected chi connectivity index (χ3v) is 6.37. The number of carbonyl (C=O) groups excluding carboxylic acids is 1. The van der Waals surface area contributed by atoms with Crippen molar-refractivity contribution in [2.45, 2.75) is 130 Å². The van der Waals surface area contributed by atoms with Crippen LogP contribution in [0.2, 0.25) is 0 Å². The Morgan fingerprint density at radius 3 is 2.24 bits per heavy atom. The van der Waals surface area contributed by atoms with Crippen LogP contribution in [0.4, 0.5) is 5.82 Å². The molecule has 1 saturated heterocycles. The molecule has 1 fully saturated rings. The van der Waals surface area contributed by atoms with Crippen molar-refractivity contribution in [3.05, 3.63) is 12.2 Å². The highest BCUT2D eigenvalue weighted by molar-refractivity contribution is 5.81. The van der Waals surface area contributed by atoms with Crippen LogP contribution in [0.3, 0.4) is 0 Å². The van der Waals surface area contributed by atoms with Gasteiger partial charge in [-0.15, -0.1) is 12.8 Å². The number of hydrogen-bond donors (Lipinski definition) is 1. The van der Waals surface area contributed by atoms with Crippen LogP contribution in [0.15, 0.2) is 6.33 Å². The van der Waals surface area contributed by atoms with E-state index >= 15 is 0 Å². The molecule has 0 radical (unpaired) electrons. The number of carbonyl (C=O) groups is 1. The van der Waals surface area contributed by atoms with E-state index < -0.39 is 0 Å². The van der Waals surface area contributed by atoms with E-state index in [9.17, 15) is 4.79 Å². The van der Waals surface area contributed by atoms with Crippen molar-refractivity contribution in [2.24, 2.45) is 0 Å². The summed E-state index contributed by atoms with van der Waals surface area (Å²) in [5, 5.41) is 0. The predicted molar refractivity (Wildman–Crippen MR) is 151 cm³/mol. The molecule has 0 aliphatic carbocycles. The van der Waals surface area contributed by atoms with Gasteiger partial charge in [0.25, 0.3) is 0 Å². The van der Waals surface area contributed by atoms with E-state index in [0.717, 1.165) is 25.7 Å². The van der Waals surface area contributed by atoms with Gasteiger partial charge in [-0.25, -0.2) is 15.0 Å². The Hall–Kier alpha value is -2.66. The SMILES string of the molecule is C#C.CC.CCCCCCCCCCCCCC(=O)OCC1CCC(n2cnc3c(N)nc(C)nc32)O1. The summed E-state index contributed by atoms with van der Waals surface area (Å²) in [7, 11) is 0. The van der Waals surface area contributed by atoms with E-state index in [-0.39, 0.29) is 18.3 Å². The first kappa shape index (κ1) is 32.4. The summed E-state index contributed by atoms with van der Waals surface area (Å²) >= 11 is 0. The standard InChI is InChI=1S/C25H41N5O3.C2H6.C2H2/c1-3-4-5-6-7-8-9-10-11-12-13-14-22(31)32-17-20-15-16-21(33-20)30-18-27-23-24(26)28-19(2)29-25(23)30;2*1-2/h18,20-21H,3-17H2,1-2H3,(H2,26,28,29);1-2H3;1-2H. The van der Waals surface area contributed by atoms with Crippen molar-refractivity contribution in [3.8, 4) is 12.8 Å². The number of rotatable bonds is 15. The van der Waals surface area contributed by atoms with E-state index in [1.54, 1.807) is 13.3 Å². The first-order chi connectivity index (χ1) is 18.1. The zero-order valence-corrected chi connectivity index (χ0v) is 23.6. The zero-order chi connectivity index (χ0) is 27.5. The zero-order valence-electron chi connectivity index (χ0n) is 23.6. The van der Waals surface area contributed by atoms with Crippen molar-refractivity contribution in [2.75, 3.05) is 12.3 Å². The molecule has 8 nitrogen and oxygen atoms in total. The summed E-state index contributed by atoms with van der Waals surface area (Å²) in [5.41, 5.74) is 7.22. The van der Waals surface area contributed by atoms with Crippen molar-refractivity contribution in [1.29, 1.82) is 0 Å². The molecule has 1 aliphatic heterocycles. The molecule has 3 rings (SSSR count). The number of esters is 1. The minimum absolute atomic E-state index is 0.103. The maximum atomic E-state index is 12.1. The maximum absolute atomic E-state index is 12.1. The summed E-state index contributed by atoms with van der Waals surface area (Å²) in [6.45, 7) is 8.36. The molecular weight excluding hydrogens is 466 g/mol. The molecule has 2 aromatic heterocycles. The molecule has 8 heteroatoms. The Kier molecular flexibility index (Phi) is 17.0. The maximum Gasteiger partial charge on any atom is 0.305 e. The second kappa shape index (κ2) is 19.5. The van der Waals surface area contributed by atoms with Gasteiger partial charge in [-0.3, -0.25) is 9.36 Å². The number of unbranched alkanes of at least 4 members (excludes halogenated alkanes) is 10. The monoisotopic (exact) mass is 515 g/mol. The fourth-order valence-electron chi connectivity index (χ4n) is 4.47. The first-order valence-electron chi connectivity index (χ1n) is 14.2. The Morgan fingerprint density at radius 2 is 1.62 bits per heavy atom. The quantitative estimate of drug-likeness (QED) is 0.156. The Bertz CT molecular complexity index is 912. The molecule has 0 spiro atoms. The van der Waals surface area contributed by atoms with E-state index in [4.69, 9.17) is 15.2 Å². The molecule has 0 amide bonds. The highest BCUT2D eigenvalue weighted by Gasteiger charge is 2.29. The molecule has 2 aromatic rings. The van der Waals surface area contributed by atoms with Gasteiger partial charge in [-0.2, -0.15) is 0 Å². The minimum Gasteiger partial charge on any atom is -0.463 e. The predicted octanol–water partition coefficient (Wildman–Crippen LogP) is 6.91. The van der Waals surface area contributed by atoms with Gasteiger partial charge >= 0.3 is 5.97 Å². The van der Waals surface area contributed by atoms with Gasteiger partial charge in [0.05, 0.1) is 12.4 Å². The third kappa shape index (κ3) is 11.5. The number of ether oxygens (including phenoxy) is 2. The summed E-state index contributed by atoms with van der Waals surface area (Å²) < 4.78 is 13.5. The topological polar surface area (TPSA) is 105 Å². The van der Waals surface area contributed by atoms with Crippen LogP contribution in [-0.4, -0.2) is 38.2 Å². The minimum atomic E-state index is -0.181. The second-order valence-corrected chi connectivity index (χ2v) is 9.24. The average molecular weight is 516 g/mol. The van der Waals surface area contributed by atoms with Crippen LogP contribution in [0.25, 0.3) is 11.2 Å². The number of terminal acetylenes is 1. The number of nitrogen functional groups attached to an aromatic ring is 1. The summed E-state index contributed by atoms with van der Waals surface area (Å²) in [6.07, 6.45) is 25.5. The second-order valence-electron chi connectivity index (χ2n) is 9.24. The fraction of sp³-hybridized carbons (Fsp3) is 0.724. The van der Waals surface area contributed by atoms with Crippen molar-refractivity contribution < 1.29 is 14.3 Å². The fourth-order valence-corrected chi connectivity index (χ4v) is 4.47. The van der Waals surface area contributed by atoms with Gasteiger partial charge in [-0.1, -0.05) is 85.0 Å². The molecule has 0 aromatic carbocycles. The van der Waals surface area contributed by atoms with Gasteiger partial charge < -0.3 is 15.2 Å². The van der Waals surface area contributed by atoms with Gasteiger partial charge in [0, 0.05) is 6.42 Å². The number of anilines is 1. The van der Waals surface area contributed by atoms with Crippen LogP contribution in [0.5, 0.6) is 0 Å². The Balaban J connectivity index is 0.00000163. The van der Waals surface area contributed by atoms with E-state index in [0.29, 0.717) is 35.8 Å². The van der Waals surface area contributed by atoms with Crippen molar-refractivity contribution in [3.63, 3.8) is 0 Å². The molecule has 0 saturated carbocycles. The third-order valence-electron chi connectivity index (χ3n) is 6.37. The molecule has 0 bridgehead atoms. The van der Waals surface area contributed by atoms with Gasteiger partial charge in [0.1, 0.15) is 24.2 Å². The first-order valence-corrected chi connectivity index (χ1v) is 14.2. The molecule has 1 aliphatic rings. The Morgan fingerprint density at radius 1 is 1.03 bits per heavy atom. The molecule has 208 valence electrons. The lowest BCUT2D eigenvalue weighted by Gasteiger charge is -2.15. The smallest absolute Gasteiger partial charge is 0.305 e. The lowest BCUT2D eigenvalue weighted by Crippen LogP contribution is -2.19. The van der Waals surface area contributed by atoms with Crippen molar-refractivity contribution >= 4 is 23.0 Å². The van der Waals surface area contributed by atoms with E-state index in [2.05, 4.69) is 34.7 Å². The van der Waals surface area contributed by atoms with Crippen molar-refractivity contribution in [1.82, 2.24) is 19.5 Å². The number of aryl methyl sites for hydroxylation is 1. The number of fused-ring (bicyclic) bond motifs is 1. The van der Waals surface area contributed by atoms with Crippen LogP contribution in [0, 0.1) is 19.8 Å². The number of aromatic nitrogens is 4. The van der Waals surface area contributed by atoms with Crippen LogP contribution in [0.1, 0.15) is 123 Å². The highest BCUT2D eigenvalue weighted by atomic mass is 16.6. The van der Waals surface area contributed by atoms with E-state index in [1.807, 2.05) is 18.4 Å². The summed E-state index contributed by atoms with van der Waals surface area (Å²) in [4.78, 5) is 25.1. The largest absolute Gasteiger partial charge is 0.463 e. The van der Waals surface area contributed by atoms with E-state index in [1.165, 1.54) is 57.8 Å². The number of nitrogens with zero attached hydrogens (tertiary/aromatic N) is 4. The van der Waals surface area contributed by atoms with Gasteiger partial charge in [0.2, 0.25) is 0 Å². The molecule has 2 N–H and O–H groups in total. The molecule has 2 unspecified atom stereocenters. The number of nitrogens with two attached hydrogens (primary N) is 1. The van der Waals surface area contributed by atoms with Gasteiger partial charge in [0.15, 0.2) is 11.5 Å².